The molecule has 0 bridgehead atoms. The number of aryl methyl sites for hydroxylation is 1. The Morgan fingerprint density at radius 2 is 1.95 bits per heavy atom. The second kappa shape index (κ2) is 6.70. The van der Waals surface area contributed by atoms with Crippen molar-refractivity contribution in [3.8, 4) is 5.75 Å². The van der Waals surface area contributed by atoms with Gasteiger partial charge in [-0.3, -0.25) is 0 Å². The Bertz CT molecular complexity index is 507. The molecule has 0 amide bonds. The number of thiophene rings is 1. The second-order valence-electron chi connectivity index (χ2n) is 4.43. The molecule has 1 atom stereocenters. The molecule has 1 aromatic carbocycles. The first-order chi connectivity index (χ1) is 9.19. The average molecular weight is 277 g/mol. The molecule has 4 heteroatoms. The maximum atomic E-state index is 10.1. The molecule has 2 aromatic rings. The van der Waals surface area contributed by atoms with Crippen molar-refractivity contribution in [1.29, 1.82) is 0 Å². The topological polar surface area (TPSA) is 41.5 Å². The molecule has 2 rings (SSSR count). The lowest BCUT2D eigenvalue weighted by molar-refractivity contribution is 0.174. The molecule has 0 saturated heterocycles. The number of aliphatic hydroxyl groups is 1. The van der Waals surface area contributed by atoms with Crippen LogP contribution in [0.3, 0.4) is 0 Å². The highest BCUT2D eigenvalue weighted by Crippen LogP contribution is 2.18. The Labute approximate surface area is 117 Å². The molecule has 19 heavy (non-hydrogen) atoms. The normalized spacial score (nSPS) is 12.4. The summed E-state index contributed by atoms with van der Waals surface area (Å²) in [6, 6.07) is 11.7. The van der Waals surface area contributed by atoms with Crippen molar-refractivity contribution in [2.75, 3.05) is 13.7 Å². The van der Waals surface area contributed by atoms with E-state index in [-0.39, 0.29) is 0 Å². The van der Waals surface area contributed by atoms with Gasteiger partial charge in [-0.2, -0.15) is 0 Å². The fraction of sp³-hybridized carbons (Fsp3) is 0.333. The summed E-state index contributed by atoms with van der Waals surface area (Å²) in [6.07, 6.45) is -0.494. The number of hydrogen-bond donors (Lipinski definition) is 2. The van der Waals surface area contributed by atoms with Gasteiger partial charge in [-0.1, -0.05) is 12.1 Å². The molecular weight excluding hydrogens is 258 g/mol. The van der Waals surface area contributed by atoms with Crippen LogP contribution in [0.15, 0.2) is 36.4 Å². The minimum atomic E-state index is -0.494. The van der Waals surface area contributed by atoms with Gasteiger partial charge in [-0.05, 0) is 36.8 Å². The van der Waals surface area contributed by atoms with Crippen molar-refractivity contribution in [1.82, 2.24) is 5.32 Å². The van der Waals surface area contributed by atoms with Gasteiger partial charge in [0.05, 0.1) is 13.2 Å². The Hall–Kier alpha value is -1.36. The van der Waals surface area contributed by atoms with Crippen LogP contribution in [0.5, 0.6) is 5.75 Å². The Kier molecular flexibility index (Phi) is 4.96. The first-order valence-corrected chi connectivity index (χ1v) is 7.08. The summed E-state index contributed by atoms with van der Waals surface area (Å²) >= 11 is 1.78. The van der Waals surface area contributed by atoms with E-state index in [1.165, 1.54) is 9.75 Å². The maximum absolute atomic E-state index is 10.1. The third-order valence-corrected chi connectivity index (χ3v) is 3.93. The van der Waals surface area contributed by atoms with Gasteiger partial charge in [-0.15, -0.1) is 11.3 Å². The zero-order valence-electron chi connectivity index (χ0n) is 11.2. The van der Waals surface area contributed by atoms with Crippen LogP contribution in [0.25, 0.3) is 0 Å². The molecule has 1 heterocycles. The van der Waals surface area contributed by atoms with Crippen LogP contribution in [-0.2, 0) is 6.54 Å². The fourth-order valence-electron chi connectivity index (χ4n) is 1.86. The number of rotatable bonds is 6. The Morgan fingerprint density at radius 3 is 2.53 bits per heavy atom. The quantitative estimate of drug-likeness (QED) is 0.853. The summed E-state index contributed by atoms with van der Waals surface area (Å²) in [6.45, 7) is 3.44. The third kappa shape index (κ3) is 4.06. The lowest BCUT2D eigenvalue weighted by Crippen LogP contribution is -2.20. The molecule has 0 aliphatic heterocycles. The van der Waals surface area contributed by atoms with Crippen molar-refractivity contribution in [3.05, 3.63) is 51.7 Å². The molecule has 1 unspecified atom stereocenters. The van der Waals surface area contributed by atoms with Crippen LogP contribution in [-0.4, -0.2) is 18.8 Å². The Morgan fingerprint density at radius 1 is 1.21 bits per heavy atom. The molecule has 0 aliphatic carbocycles. The summed E-state index contributed by atoms with van der Waals surface area (Å²) in [5.74, 6) is 0.804. The van der Waals surface area contributed by atoms with Crippen molar-refractivity contribution >= 4 is 11.3 Å². The van der Waals surface area contributed by atoms with E-state index in [0.29, 0.717) is 6.54 Å². The van der Waals surface area contributed by atoms with Gasteiger partial charge in [0, 0.05) is 22.8 Å². The molecule has 102 valence electrons. The predicted molar refractivity (Wildman–Crippen MR) is 78.7 cm³/mol. The van der Waals surface area contributed by atoms with E-state index in [0.717, 1.165) is 17.9 Å². The van der Waals surface area contributed by atoms with Gasteiger partial charge < -0.3 is 15.2 Å². The standard InChI is InChI=1S/C15H19NO2S/c1-11-3-8-14(19-11)9-16-10-15(17)12-4-6-13(18-2)7-5-12/h3-8,15-17H,9-10H2,1-2H3. The van der Waals surface area contributed by atoms with Crippen molar-refractivity contribution < 1.29 is 9.84 Å². The largest absolute Gasteiger partial charge is 0.497 e. The highest BCUT2D eigenvalue weighted by atomic mass is 32.1. The summed E-state index contributed by atoms with van der Waals surface area (Å²) in [5.41, 5.74) is 0.899. The molecule has 1 aromatic heterocycles. The summed E-state index contributed by atoms with van der Waals surface area (Å²) in [4.78, 5) is 2.60. The van der Waals surface area contributed by atoms with Crippen molar-refractivity contribution in [2.24, 2.45) is 0 Å². The summed E-state index contributed by atoms with van der Waals surface area (Å²) < 4.78 is 5.09. The SMILES string of the molecule is COc1ccc(C(O)CNCc2ccc(C)s2)cc1. The highest BCUT2D eigenvalue weighted by Gasteiger charge is 2.07. The second-order valence-corrected chi connectivity index (χ2v) is 5.80. The van der Waals surface area contributed by atoms with Gasteiger partial charge >= 0.3 is 0 Å². The van der Waals surface area contributed by atoms with E-state index in [1.54, 1.807) is 18.4 Å². The van der Waals surface area contributed by atoms with Crippen LogP contribution in [0.1, 0.15) is 21.4 Å². The molecule has 3 nitrogen and oxygen atoms in total. The number of benzene rings is 1. The maximum Gasteiger partial charge on any atom is 0.118 e. The van der Waals surface area contributed by atoms with Gasteiger partial charge in [-0.25, -0.2) is 0 Å². The number of nitrogens with one attached hydrogen (secondary N) is 1. The third-order valence-electron chi connectivity index (χ3n) is 2.93. The number of methoxy groups -OCH3 is 1. The molecule has 2 N–H and O–H groups in total. The monoisotopic (exact) mass is 277 g/mol. The first-order valence-electron chi connectivity index (χ1n) is 6.27. The fourth-order valence-corrected chi connectivity index (χ4v) is 2.72. The van der Waals surface area contributed by atoms with Crippen LogP contribution < -0.4 is 10.1 Å². The van der Waals surface area contributed by atoms with Crippen molar-refractivity contribution in [3.63, 3.8) is 0 Å². The number of aliphatic hydroxyl groups excluding tert-OH is 1. The lowest BCUT2D eigenvalue weighted by Gasteiger charge is -2.12. The van der Waals surface area contributed by atoms with E-state index in [4.69, 9.17) is 4.74 Å². The lowest BCUT2D eigenvalue weighted by atomic mass is 10.1. The molecule has 0 aliphatic rings. The van der Waals surface area contributed by atoms with E-state index >= 15 is 0 Å². The van der Waals surface area contributed by atoms with E-state index < -0.39 is 6.10 Å². The van der Waals surface area contributed by atoms with E-state index in [1.807, 2.05) is 24.3 Å². The first kappa shape index (κ1) is 14.1. The van der Waals surface area contributed by atoms with Gasteiger partial charge in [0.15, 0.2) is 0 Å². The zero-order chi connectivity index (χ0) is 13.7. The Balaban J connectivity index is 1.81. The smallest absolute Gasteiger partial charge is 0.118 e. The van der Waals surface area contributed by atoms with Crippen LogP contribution in [0, 0.1) is 6.92 Å². The zero-order valence-corrected chi connectivity index (χ0v) is 12.0. The van der Waals surface area contributed by atoms with Gasteiger partial charge in [0.2, 0.25) is 0 Å². The van der Waals surface area contributed by atoms with Crippen molar-refractivity contribution in [2.45, 2.75) is 19.6 Å². The van der Waals surface area contributed by atoms with Crippen LogP contribution >= 0.6 is 11.3 Å². The van der Waals surface area contributed by atoms with Crippen LogP contribution in [0.2, 0.25) is 0 Å². The van der Waals surface area contributed by atoms with Gasteiger partial charge in [0.1, 0.15) is 5.75 Å². The number of hydrogen-bond acceptors (Lipinski definition) is 4. The van der Waals surface area contributed by atoms with E-state index in [9.17, 15) is 5.11 Å². The van der Waals surface area contributed by atoms with E-state index in [2.05, 4.69) is 24.4 Å². The summed E-state index contributed by atoms with van der Waals surface area (Å²) in [7, 11) is 1.63. The molecular formula is C15H19NO2S. The molecule has 0 fully saturated rings. The highest BCUT2D eigenvalue weighted by molar-refractivity contribution is 7.11. The number of ether oxygens (including phenoxy) is 1. The average Bonchev–Trinajstić information content (AvgIpc) is 2.84. The molecule has 0 radical (unpaired) electrons. The van der Waals surface area contributed by atoms with Crippen LogP contribution in [0.4, 0.5) is 0 Å². The minimum Gasteiger partial charge on any atom is -0.497 e. The predicted octanol–water partition coefficient (Wildman–Crippen LogP) is 2.89. The summed E-state index contributed by atoms with van der Waals surface area (Å²) in [5, 5.41) is 13.3. The minimum absolute atomic E-state index is 0.494. The van der Waals surface area contributed by atoms with Gasteiger partial charge in [0.25, 0.3) is 0 Å². The molecule has 0 spiro atoms. The molecule has 0 saturated carbocycles.